The molecule has 1 N–H and O–H groups in total. The summed E-state index contributed by atoms with van der Waals surface area (Å²) in [6.45, 7) is 6.68. The minimum absolute atomic E-state index is 0.0190. The summed E-state index contributed by atoms with van der Waals surface area (Å²) < 4.78 is 18.1. The molecular weight excluding hydrogens is 281 g/mol. The number of rotatable bonds is 4. The Bertz CT molecular complexity index is 592. The molecule has 0 saturated carbocycles. The van der Waals surface area contributed by atoms with Gasteiger partial charge in [0.2, 0.25) is 5.89 Å². The van der Waals surface area contributed by atoms with Crippen LogP contribution < -0.4 is 5.32 Å². The van der Waals surface area contributed by atoms with Gasteiger partial charge in [-0.05, 0) is 38.5 Å². The van der Waals surface area contributed by atoms with Crippen molar-refractivity contribution in [2.24, 2.45) is 0 Å². The Morgan fingerprint density at radius 1 is 1.35 bits per heavy atom. The quantitative estimate of drug-likeness (QED) is 0.940. The first-order valence-corrected chi connectivity index (χ1v) is 6.72. The third-order valence-electron chi connectivity index (χ3n) is 2.64. The average Bonchev–Trinajstić information content (AvgIpc) is 2.77. The second-order valence-corrected chi connectivity index (χ2v) is 6.03. The minimum atomic E-state index is -0.359. The zero-order valence-electron chi connectivity index (χ0n) is 11.7. The lowest BCUT2D eigenvalue weighted by atomic mass is 10.1. The lowest BCUT2D eigenvalue weighted by molar-refractivity contribution is 0.334. The van der Waals surface area contributed by atoms with E-state index in [9.17, 15) is 4.39 Å². The Balaban J connectivity index is 2.02. The first kappa shape index (κ1) is 14.9. The van der Waals surface area contributed by atoms with Crippen LogP contribution in [0.2, 0.25) is 5.02 Å². The second-order valence-electron chi connectivity index (χ2n) is 5.62. The molecule has 0 bridgehead atoms. The summed E-state index contributed by atoms with van der Waals surface area (Å²) in [5, 5.41) is 7.52. The molecule has 2 rings (SSSR count). The third-order valence-corrected chi connectivity index (χ3v) is 3.00. The van der Waals surface area contributed by atoms with Crippen LogP contribution in [-0.4, -0.2) is 15.7 Å². The van der Waals surface area contributed by atoms with Crippen LogP contribution in [0.15, 0.2) is 22.7 Å². The molecule has 0 fully saturated rings. The van der Waals surface area contributed by atoms with Gasteiger partial charge in [0.25, 0.3) is 0 Å². The standard InChI is InChI=1S/C14H17ClFN3O/c1-14(2,3)17-8-13-18-12(19-20-13)6-9-4-5-10(16)7-11(9)15/h4-5,7,17H,6,8H2,1-3H3. The highest BCUT2D eigenvalue weighted by atomic mass is 35.5. The molecule has 0 atom stereocenters. The molecule has 20 heavy (non-hydrogen) atoms. The van der Waals surface area contributed by atoms with E-state index < -0.39 is 0 Å². The van der Waals surface area contributed by atoms with E-state index in [-0.39, 0.29) is 11.4 Å². The van der Waals surface area contributed by atoms with Gasteiger partial charge in [-0.3, -0.25) is 0 Å². The van der Waals surface area contributed by atoms with Crippen molar-refractivity contribution in [3.8, 4) is 0 Å². The normalized spacial score (nSPS) is 11.8. The Morgan fingerprint density at radius 3 is 2.75 bits per heavy atom. The van der Waals surface area contributed by atoms with E-state index in [0.29, 0.717) is 29.7 Å². The van der Waals surface area contributed by atoms with Crippen molar-refractivity contribution >= 4 is 11.6 Å². The van der Waals surface area contributed by atoms with Gasteiger partial charge in [0.15, 0.2) is 5.82 Å². The van der Waals surface area contributed by atoms with Crippen molar-refractivity contribution in [3.63, 3.8) is 0 Å². The van der Waals surface area contributed by atoms with E-state index in [2.05, 4.69) is 36.2 Å². The molecular formula is C14H17ClFN3O. The highest BCUT2D eigenvalue weighted by Crippen LogP contribution is 2.19. The SMILES string of the molecule is CC(C)(C)NCc1nc(Cc2ccc(F)cc2Cl)no1. The maximum absolute atomic E-state index is 13.0. The lowest BCUT2D eigenvalue weighted by Crippen LogP contribution is -2.35. The monoisotopic (exact) mass is 297 g/mol. The summed E-state index contributed by atoms with van der Waals surface area (Å²) in [5.74, 6) is 0.694. The summed E-state index contributed by atoms with van der Waals surface area (Å²) in [7, 11) is 0. The van der Waals surface area contributed by atoms with E-state index >= 15 is 0 Å². The Labute approximate surface area is 122 Å². The number of halogens is 2. The van der Waals surface area contributed by atoms with E-state index in [1.54, 1.807) is 6.07 Å². The maximum atomic E-state index is 13.0. The van der Waals surface area contributed by atoms with Gasteiger partial charge in [0.05, 0.1) is 6.54 Å². The summed E-state index contributed by atoms with van der Waals surface area (Å²) >= 11 is 5.97. The smallest absolute Gasteiger partial charge is 0.240 e. The van der Waals surface area contributed by atoms with Crippen LogP contribution >= 0.6 is 11.6 Å². The lowest BCUT2D eigenvalue weighted by Gasteiger charge is -2.18. The highest BCUT2D eigenvalue weighted by molar-refractivity contribution is 6.31. The molecule has 1 aromatic carbocycles. The summed E-state index contributed by atoms with van der Waals surface area (Å²) in [6, 6.07) is 4.27. The van der Waals surface area contributed by atoms with Gasteiger partial charge >= 0.3 is 0 Å². The predicted molar refractivity (Wildman–Crippen MR) is 75.1 cm³/mol. The van der Waals surface area contributed by atoms with Gasteiger partial charge < -0.3 is 9.84 Å². The maximum Gasteiger partial charge on any atom is 0.240 e. The zero-order valence-corrected chi connectivity index (χ0v) is 12.5. The fourth-order valence-electron chi connectivity index (χ4n) is 1.61. The van der Waals surface area contributed by atoms with E-state index in [1.807, 2.05) is 0 Å². The molecule has 2 aromatic rings. The summed E-state index contributed by atoms with van der Waals surface area (Å²) in [5.41, 5.74) is 0.749. The number of aromatic nitrogens is 2. The van der Waals surface area contributed by atoms with Gasteiger partial charge in [-0.25, -0.2) is 4.39 Å². The Kier molecular flexibility index (Phi) is 4.40. The van der Waals surface area contributed by atoms with E-state index in [0.717, 1.165) is 5.56 Å². The Hall–Kier alpha value is -1.46. The summed E-state index contributed by atoms with van der Waals surface area (Å²) in [4.78, 5) is 4.28. The summed E-state index contributed by atoms with van der Waals surface area (Å²) in [6.07, 6.45) is 0.415. The number of nitrogens with zero attached hydrogens (tertiary/aromatic N) is 2. The first-order chi connectivity index (χ1) is 9.33. The van der Waals surface area contributed by atoms with Crippen LogP contribution in [0, 0.1) is 5.82 Å². The molecule has 108 valence electrons. The van der Waals surface area contributed by atoms with Gasteiger partial charge in [-0.15, -0.1) is 0 Å². The van der Waals surface area contributed by atoms with Crippen LogP contribution in [0.1, 0.15) is 38.0 Å². The van der Waals surface area contributed by atoms with Crippen molar-refractivity contribution in [1.82, 2.24) is 15.5 Å². The molecule has 0 aliphatic carbocycles. The average molecular weight is 298 g/mol. The molecule has 0 saturated heterocycles. The van der Waals surface area contributed by atoms with Gasteiger partial charge in [0, 0.05) is 17.0 Å². The molecule has 0 unspecified atom stereocenters. The molecule has 1 heterocycles. The largest absolute Gasteiger partial charge is 0.338 e. The number of benzene rings is 1. The van der Waals surface area contributed by atoms with Gasteiger partial charge in [0.1, 0.15) is 5.82 Å². The van der Waals surface area contributed by atoms with Gasteiger partial charge in [-0.2, -0.15) is 4.98 Å². The van der Waals surface area contributed by atoms with Crippen molar-refractivity contribution in [3.05, 3.63) is 46.3 Å². The molecule has 6 heteroatoms. The van der Waals surface area contributed by atoms with Crippen LogP contribution in [-0.2, 0) is 13.0 Å². The number of hydrogen-bond donors (Lipinski definition) is 1. The zero-order chi connectivity index (χ0) is 14.8. The number of nitrogens with one attached hydrogen (secondary N) is 1. The fraction of sp³-hybridized carbons (Fsp3) is 0.429. The van der Waals surface area contributed by atoms with Crippen LogP contribution in [0.5, 0.6) is 0 Å². The van der Waals surface area contributed by atoms with Crippen LogP contribution in [0.4, 0.5) is 4.39 Å². The molecule has 0 aliphatic rings. The molecule has 0 aliphatic heterocycles. The molecule has 4 nitrogen and oxygen atoms in total. The number of hydrogen-bond acceptors (Lipinski definition) is 4. The minimum Gasteiger partial charge on any atom is -0.338 e. The molecule has 0 spiro atoms. The van der Waals surface area contributed by atoms with Crippen molar-refractivity contribution in [2.75, 3.05) is 0 Å². The van der Waals surface area contributed by atoms with Crippen LogP contribution in [0.3, 0.4) is 0 Å². The van der Waals surface area contributed by atoms with E-state index in [1.165, 1.54) is 12.1 Å². The van der Waals surface area contributed by atoms with Crippen molar-refractivity contribution < 1.29 is 8.91 Å². The fourth-order valence-corrected chi connectivity index (χ4v) is 1.84. The molecule has 0 amide bonds. The van der Waals surface area contributed by atoms with E-state index in [4.69, 9.17) is 16.1 Å². The van der Waals surface area contributed by atoms with Gasteiger partial charge in [-0.1, -0.05) is 22.8 Å². The first-order valence-electron chi connectivity index (χ1n) is 6.34. The predicted octanol–water partition coefficient (Wildman–Crippen LogP) is 3.34. The molecule has 1 aromatic heterocycles. The van der Waals surface area contributed by atoms with Crippen molar-refractivity contribution in [1.29, 1.82) is 0 Å². The van der Waals surface area contributed by atoms with Crippen LogP contribution in [0.25, 0.3) is 0 Å². The topological polar surface area (TPSA) is 51.0 Å². The highest BCUT2D eigenvalue weighted by Gasteiger charge is 2.13. The third kappa shape index (κ3) is 4.28. The molecule has 0 radical (unpaired) electrons. The van der Waals surface area contributed by atoms with Crippen molar-refractivity contribution in [2.45, 2.75) is 39.3 Å². The second kappa shape index (κ2) is 5.89. The Morgan fingerprint density at radius 2 is 2.10 bits per heavy atom.